The van der Waals surface area contributed by atoms with E-state index in [0.29, 0.717) is 5.92 Å². The lowest BCUT2D eigenvalue weighted by atomic mass is 9.82. The van der Waals surface area contributed by atoms with E-state index in [9.17, 15) is 0 Å². The summed E-state index contributed by atoms with van der Waals surface area (Å²) in [6, 6.07) is 21.6. The number of likely N-dealkylation sites (N-methyl/N-ethyl adjacent to an activating group) is 1. The number of benzene rings is 2. The normalized spacial score (nSPS) is 16.6. The van der Waals surface area contributed by atoms with Crippen molar-refractivity contribution in [1.82, 2.24) is 4.90 Å². The number of hydrogen-bond acceptors (Lipinski definition) is 1. The Labute approximate surface area is 178 Å². The van der Waals surface area contributed by atoms with Gasteiger partial charge < -0.3 is 0 Å². The fourth-order valence-corrected chi connectivity index (χ4v) is 3.87. The molecule has 1 heteroatoms. The maximum Gasteiger partial charge on any atom is 0.0230 e. The fourth-order valence-electron chi connectivity index (χ4n) is 3.87. The topological polar surface area (TPSA) is 3.24 Å². The van der Waals surface area contributed by atoms with Gasteiger partial charge in [0.05, 0.1) is 0 Å². The maximum absolute atomic E-state index is 2.47. The zero-order valence-corrected chi connectivity index (χ0v) is 18.9. The first-order valence-corrected chi connectivity index (χ1v) is 11.1. The predicted molar refractivity (Wildman–Crippen MR) is 130 cm³/mol. The molecular weight excluding hydrogens is 350 g/mol. The Hall–Kier alpha value is -2.38. The summed E-state index contributed by atoms with van der Waals surface area (Å²) in [5.41, 5.74) is 6.89. The molecule has 0 aromatic heterocycles. The molecule has 3 rings (SSSR count). The van der Waals surface area contributed by atoms with Gasteiger partial charge in [-0.05, 0) is 54.3 Å². The van der Waals surface area contributed by atoms with Gasteiger partial charge in [0.15, 0.2) is 0 Å². The average molecular weight is 388 g/mol. The smallest absolute Gasteiger partial charge is 0.0230 e. The molecule has 1 nitrogen and oxygen atoms in total. The lowest BCUT2D eigenvalue weighted by Crippen LogP contribution is -2.25. The Morgan fingerprint density at radius 1 is 0.862 bits per heavy atom. The second kappa shape index (κ2) is 12.2. The molecule has 1 aliphatic carbocycles. The van der Waals surface area contributed by atoms with Crippen LogP contribution < -0.4 is 0 Å². The Balaban J connectivity index is 0.00000145. The maximum atomic E-state index is 2.47. The van der Waals surface area contributed by atoms with Gasteiger partial charge in [0.1, 0.15) is 0 Å². The third-order valence-corrected chi connectivity index (χ3v) is 5.54. The molecule has 0 amide bonds. The van der Waals surface area contributed by atoms with Crippen LogP contribution in [-0.4, -0.2) is 24.5 Å². The van der Waals surface area contributed by atoms with Crippen LogP contribution in [-0.2, 0) is 0 Å². The Kier molecular flexibility index (Phi) is 9.67. The molecule has 2 aromatic carbocycles. The van der Waals surface area contributed by atoms with Crippen molar-refractivity contribution < 1.29 is 0 Å². The number of hydrogen-bond donors (Lipinski definition) is 0. The van der Waals surface area contributed by atoms with Gasteiger partial charge in [-0.1, -0.05) is 107 Å². The molecule has 0 N–H and O–H groups in total. The van der Waals surface area contributed by atoms with Crippen LogP contribution in [0.15, 0.2) is 84.5 Å². The summed E-state index contributed by atoms with van der Waals surface area (Å²) in [6.45, 7) is 14.0. The quantitative estimate of drug-likeness (QED) is 0.445. The lowest BCUT2D eigenvalue weighted by molar-refractivity contribution is 0.331. The molecule has 1 aliphatic rings. The first-order valence-electron chi connectivity index (χ1n) is 11.1. The van der Waals surface area contributed by atoms with Gasteiger partial charge in [-0.25, -0.2) is 0 Å². The largest absolute Gasteiger partial charge is 0.300 e. The summed E-state index contributed by atoms with van der Waals surface area (Å²) in [5, 5.41) is 0. The standard InChI is InChI=1S/C26H31N.C2H6/c1-4-27(5-2)20-22-16-18-25(19-17-22)26(24-14-10-7-11-15-24)21(3)23-12-8-6-9-13-23;1-2/h6-18,25H,4-5,19-20H2,1-3H3;1-2H3/b26-21-;. The summed E-state index contributed by atoms with van der Waals surface area (Å²) in [4.78, 5) is 2.47. The summed E-state index contributed by atoms with van der Waals surface area (Å²) >= 11 is 0. The van der Waals surface area contributed by atoms with Crippen LogP contribution in [0, 0.1) is 5.92 Å². The summed E-state index contributed by atoms with van der Waals surface area (Å²) in [6.07, 6.45) is 8.26. The van der Waals surface area contributed by atoms with Gasteiger partial charge in [-0.3, -0.25) is 4.90 Å². The molecule has 0 bridgehead atoms. The minimum absolute atomic E-state index is 0.424. The zero-order chi connectivity index (χ0) is 21.1. The highest BCUT2D eigenvalue weighted by Crippen LogP contribution is 2.36. The molecule has 0 saturated carbocycles. The SMILES string of the molecule is CC.CCN(CC)CC1=CCC(/C(=C(/C)c2ccccc2)c2ccccc2)C=C1. The van der Waals surface area contributed by atoms with E-state index >= 15 is 0 Å². The average Bonchev–Trinajstić information content (AvgIpc) is 2.81. The fraction of sp³-hybridized carbons (Fsp3) is 0.357. The van der Waals surface area contributed by atoms with Crippen molar-refractivity contribution in [3.63, 3.8) is 0 Å². The molecule has 0 radical (unpaired) electrons. The first-order chi connectivity index (χ1) is 14.2. The molecular formula is C28H37N. The molecule has 0 spiro atoms. The summed E-state index contributed by atoms with van der Waals surface area (Å²) < 4.78 is 0. The summed E-state index contributed by atoms with van der Waals surface area (Å²) in [5.74, 6) is 0.424. The van der Waals surface area contributed by atoms with E-state index in [1.165, 1.54) is 27.8 Å². The van der Waals surface area contributed by atoms with Crippen LogP contribution >= 0.6 is 0 Å². The minimum atomic E-state index is 0.424. The van der Waals surface area contributed by atoms with Crippen molar-refractivity contribution in [1.29, 1.82) is 0 Å². The van der Waals surface area contributed by atoms with Crippen LogP contribution in [0.5, 0.6) is 0 Å². The lowest BCUT2D eigenvalue weighted by Gasteiger charge is -2.25. The van der Waals surface area contributed by atoms with Crippen molar-refractivity contribution in [3.05, 3.63) is 95.6 Å². The minimum Gasteiger partial charge on any atom is -0.300 e. The van der Waals surface area contributed by atoms with E-state index in [1.807, 2.05) is 13.8 Å². The van der Waals surface area contributed by atoms with E-state index in [4.69, 9.17) is 0 Å². The molecule has 0 saturated heterocycles. The number of rotatable bonds is 7. The van der Waals surface area contributed by atoms with Gasteiger partial charge in [-0.15, -0.1) is 0 Å². The monoisotopic (exact) mass is 387 g/mol. The van der Waals surface area contributed by atoms with Gasteiger partial charge in [0.2, 0.25) is 0 Å². The second-order valence-electron chi connectivity index (χ2n) is 7.21. The van der Waals surface area contributed by atoms with Crippen molar-refractivity contribution in [2.24, 2.45) is 5.92 Å². The molecule has 2 aromatic rings. The molecule has 0 fully saturated rings. The molecule has 0 aliphatic heterocycles. The highest BCUT2D eigenvalue weighted by molar-refractivity contribution is 5.91. The Morgan fingerprint density at radius 3 is 1.90 bits per heavy atom. The van der Waals surface area contributed by atoms with Crippen LogP contribution in [0.4, 0.5) is 0 Å². The van der Waals surface area contributed by atoms with Gasteiger partial charge in [0, 0.05) is 12.5 Å². The third-order valence-electron chi connectivity index (χ3n) is 5.54. The Morgan fingerprint density at radius 2 is 1.41 bits per heavy atom. The van der Waals surface area contributed by atoms with E-state index in [0.717, 1.165) is 26.1 Å². The molecule has 1 atom stereocenters. The van der Waals surface area contributed by atoms with E-state index in [-0.39, 0.29) is 0 Å². The molecule has 1 unspecified atom stereocenters. The van der Waals surface area contributed by atoms with Crippen LogP contribution in [0.25, 0.3) is 11.1 Å². The zero-order valence-electron chi connectivity index (χ0n) is 18.9. The van der Waals surface area contributed by atoms with Crippen molar-refractivity contribution in [2.75, 3.05) is 19.6 Å². The van der Waals surface area contributed by atoms with Crippen molar-refractivity contribution >= 4 is 11.1 Å². The van der Waals surface area contributed by atoms with E-state index < -0.39 is 0 Å². The highest BCUT2D eigenvalue weighted by Gasteiger charge is 2.19. The molecule has 154 valence electrons. The Bertz CT molecular complexity index is 808. The summed E-state index contributed by atoms with van der Waals surface area (Å²) in [7, 11) is 0. The van der Waals surface area contributed by atoms with Gasteiger partial charge in [-0.2, -0.15) is 0 Å². The first kappa shape index (κ1) is 22.9. The van der Waals surface area contributed by atoms with Gasteiger partial charge >= 0.3 is 0 Å². The van der Waals surface area contributed by atoms with Crippen molar-refractivity contribution in [3.8, 4) is 0 Å². The molecule has 0 heterocycles. The third kappa shape index (κ3) is 6.30. The van der Waals surface area contributed by atoms with E-state index in [2.05, 4.69) is 105 Å². The number of allylic oxidation sites excluding steroid dienone is 4. The van der Waals surface area contributed by atoms with Crippen LogP contribution in [0.1, 0.15) is 52.2 Å². The second-order valence-corrected chi connectivity index (χ2v) is 7.21. The van der Waals surface area contributed by atoms with Crippen LogP contribution in [0.3, 0.4) is 0 Å². The van der Waals surface area contributed by atoms with Crippen molar-refractivity contribution in [2.45, 2.75) is 41.0 Å². The molecule has 29 heavy (non-hydrogen) atoms. The predicted octanol–water partition coefficient (Wildman–Crippen LogP) is 7.49. The van der Waals surface area contributed by atoms with Gasteiger partial charge in [0.25, 0.3) is 0 Å². The highest BCUT2D eigenvalue weighted by atomic mass is 15.1. The van der Waals surface area contributed by atoms with E-state index in [1.54, 1.807) is 0 Å². The number of nitrogens with zero attached hydrogens (tertiary/aromatic N) is 1. The van der Waals surface area contributed by atoms with Crippen LogP contribution in [0.2, 0.25) is 0 Å².